The molecule has 1 fully saturated rings. The molecule has 1 saturated heterocycles. The molecule has 9 rings (SSSR count). The van der Waals surface area contributed by atoms with E-state index in [9.17, 15) is 29.5 Å². The SMILES string of the molecule is Cc1nc(NC(=O)C2CCN(C(=O)OC(C)(C)C)CC2)sc1S(=O)(=O)N1Cc2cc3c(cc2CC1C(=O)NC(Cc1ccc(-c2ccc(C#N)cc2)cc1)C(=O)O)OCC(c1ccc(OCc2ccc(Cl)c(Cl)c2)cc1)O3. The highest BCUT2D eigenvalue weighted by Gasteiger charge is 2.43. The quantitative estimate of drug-likeness (QED) is 0.0924. The molecule has 0 saturated carbocycles. The second-order valence-electron chi connectivity index (χ2n) is 20.0. The number of halogens is 2. The summed E-state index contributed by atoms with van der Waals surface area (Å²) < 4.78 is 55.2. The highest BCUT2D eigenvalue weighted by molar-refractivity contribution is 7.91. The van der Waals surface area contributed by atoms with E-state index in [0.717, 1.165) is 37.9 Å². The van der Waals surface area contributed by atoms with Gasteiger partial charge in [-0.05, 0) is 134 Å². The van der Waals surface area contributed by atoms with E-state index in [1.165, 1.54) is 6.92 Å². The van der Waals surface area contributed by atoms with E-state index in [0.29, 0.717) is 75.5 Å². The number of amides is 3. The monoisotopic (exact) mass is 1120 g/mol. The van der Waals surface area contributed by atoms with Gasteiger partial charge in [-0.3, -0.25) is 9.59 Å². The number of nitriles is 1. The molecular formula is C56H54Cl2N6O11S2. The van der Waals surface area contributed by atoms with Gasteiger partial charge in [0.2, 0.25) is 11.8 Å². The minimum Gasteiger partial charge on any atom is -0.489 e. The van der Waals surface area contributed by atoms with Crippen LogP contribution in [0.3, 0.4) is 0 Å². The first kappa shape index (κ1) is 54.6. The third-order valence-corrected chi connectivity index (χ3v) is 17.6. The van der Waals surface area contributed by atoms with E-state index >= 15 is 8.42 Å². The van der Waals surface area contributed by atoms with Crippen LogP contribution >= 0.6 is 34.5 Å². The fraction of sp³-hybridized carbons (Fsp3) is 0.321. The summed E-state index contributed by atoms with van der Waals surface area (Å²) in [6.07, 6.45) is -0.563. The van der Waals surface area contributed by atoms with E-state index in [1.54, 1.807) is 74.2 Å². The Morgan fingerprint density at radius 2 is 1.55 bits per heavy atom. The van der Waals surface area contributed by atoms with Crippen LogP contribution in [0.25, 0.3) is 11.1 Å². The van der Waals surface area contributed by atoms with Crippen molar-refractivity contribution in [3.05, 3.63) is 152 Å². The number of piperidine rings is 1. The van der Waals surface area contributed by atoms with Gasteiger partial charge in [0.1, 0.15) is 36.6 Å². The van der Waals surface area contributed by atoms with Crippen LogP contribution in [-0.4, -0.2) is 89.0 Å². The lowest BCUT2D eigenvalue weighted by atomic mass is 9.94. The lowest BCUT2D eigenvalue weighted by Crippen LogP contribution is -2.55. The summed E-state index contributed by atoms with van der Waals surface area (Å²) in [7, 11) is -4.60. The van der Waals surface area contributed by atoms with E-state index < -0.39 is 57.7 Å². The van der Waals surface area contributed by atoms with Crippen molar-refractivity contribution in [3.8, 4) is 34.4 Å². The smallest absolute Gasteiger partial charge is 0.410 e. The normalized spacial score (nSPS) is 17.1. The van der Waals surface area contributed by atoms with Crippen LogP contribution in [0.2, 0.25) is 10.0 Å². The Morgan fingerprint density at radius 3 is 2.19 bits per heavy atom. The number of sulfonamides is 1. The number of fused-ring (bicyclic) bond motifs is 2. The van der Waals surface area contributed by atoms with Crippen LogP contribution < -0.4 is 24.8 Å². The average Bonchev–Trinajstić information content (AvgIpc) is 3.83. The van der Waals surface area contributed by atoms with E-state index in [-0.39, 0.29) is 53.5 Å². The van der Waals surface area contributed by atoms with Crippen LogP contribution in [0, 0.1) is 24.2 Å². The predicted molar refractivity (Wildman–Crippen MR) is 289 cm³/mol. The molecule has 6 aromatic rings. The summed E-state index contributed by atoms with van der Waals surface area (Å²) in [5, 5.41) is 26.0. The molecule has 3 amide bonds. The predicted octanol–water partition coefficient (Wildman–Crippen LogP) is 9.90. The van der Waals surface area contributed by atoms with Crippen molar-refractivity contribution in [3.63, 3.8) is 0 Å². The molecule has 3 aliphatic rings. The molecule has 3 aliphatic heterocycles. The molecule has 21 heteroatoms. The molecule has 77 heavy (non-hydrogen) atoms. The maximum absolute atomic E-state index is 15.1. The van der Waals surface area contributed by atoms with Crippen LogP contribution in [0.1, 0.15) is 78.8 Å². The molecule has 0 bridgehead atoms. The zero-order valence-corrected chi connectivity index (χ0v) is 45.5. The maximum Gasteiger partial charge on any atom is 0.410 e. The average molecular weight is 1120 g/mol. The Labute approximate surface area is 459 Å². The summed E-state index contributed by atoms with van der Waals surface area (Å²) >= 11 is 13.0. The topological polar surface area (TPSA) is 227 Å². The number of aryl methyl sites for hydroxylation is 1. The van der Waals surface area contributed by atoms with Gasteiger partial charge in [0.15, 0.2) is 26.9 Å². The van der Waals surface area contributed by atoms with Crippen molar-refractivity contribution >= 4 is 73.6 Å². The number of thiazole rings is 1. The molecule has 0 radical (unpaired) electrons. The number of anilines is 1. The number of likely N-dealkylation sites (tertiary alicyclic amines) is 1. The number of nitrogens with one attached hydrogen (secondary N) is 2. The van der Waals surface area contributed by atoms with Crippen molar-refractivity contribution in [1.29, 1.82) is 5.26 Å². The van der Waals surface area contributed by atoms with E-state index in [1.807, 2.05) is 54.6 Å². The summed E-state index contributed by atoms with van der Waals surface area (Å²) in [6.45, 7) is 7.52. The number of ether oxygens (including phenoxy) is 4. The number of carbonyl (C=O) groups excluding carboxylic acids is 3. The first-order valence-corrected chi connectivity index (χ1v) is 27.7. The van der Waals surface area contributed by atoms with Crippen LogP contribution in [-0.2, 0) is 55.1 Å². The number of carboxylic acid groups (broad SMARTS) is 1. The first-order valence-electron chi connectivity index (χ1n) is 24.7. The maximum atomic E-state index is 15.1. The molecule has 3 N–H and O–H groups in total. The molecule has 0 spiro atoms. The van der Waals surface area contributed by atoms with Gasteiger partial charge in [-0.2, -0.15) is 9.57 Å². The Bertz CT molecular complexity index is 3370. The number of benzene rings is 5. The third kappa shape index (κ3) is 12.8. The lowest BCUT2D eigenvalue weighted by Gasteiger charge is -2.36. The highest BCUT2D eigenvalue weighted by atomic mass is 35.5. The number of aromatic nitrogens is 1. The van der Waals surface area contributed by atoms with Gasteiger partial charge >= 0.3 is 12.1 Å². The van der Waals surface area contributed by atoms with Gasteiger partial charge in [-0.25, -0.2) is 23.0 Å². The molecule has 17 nitrogen and oxygen atoms in total. The van der Waals surface area contributed by atoms with Gasteiger partial charge in [0.05, 0.1) is 27.4 Å². The number of carbonyl (C=O) groups is 4. The number of rotatable bonds is 14. The van der Waals surface area contributed by atoms with E-state index in [4.69, 9.17) is 42.1 Å². The Hall–Kier alpha value is -7.21. The van der Waals surface area contributed by atoms with Gasteiger partial charge in [0, 0.05) is 32.0 Å². The van der Waals surface area contributed by atoms with Crippen LogP contribution in [0.5, 0.6) is 17.2 Å². The lowest BCUT2D eigenvalue weighted by molar-refractivity contribution is -0.142. The molecule has 400 valence electrons. The largest absolute Gasteiger partial charge is 0.489 e. The van der Waals surface area contributed by atoms with Crippen molar-refractivity contribution < 1.29 is 51.6 Å². The fourth-order valence-corrected chi connectivity index (χ4v) is 12.7. The second kappa shape index (κ2) is 22.8. The second-order valence-corrected chi connectivity index (χ2v) is 23.9. The molecule has 4 heterocycles. The summed E-state index contributed by atoms with van der Waals surface area (Å²) in [4.78, 5) is 59.7. The van der Waals surface area contributed by atoms with Gasteiger partial charge in [-0.1, -0.05) is 89.1 Å². The Morgan fingerprint density at radius 1 is 0.883 bits per heavy atom. The van der Waals surface area contributed by atoms with Crippen molar-refractivity contribution in [2.24, 2.45) is 5.92 Å². The zero-order chi connectivity index (χ0) is 54.8. The minimum atomic E-state index is -4.60. The number of hydrogen-bond acceptors (Lipinski definition) is 13. The summed E-state index contributed by atoms with van der Waals surface area (Å²) in [6, 6.07) is 29.4. The zero-order valence-electron chi connectivity index (χ0n) is 42.4. The van der Waals surface area contributed by atoms with Gasteiger partial charge in [-0.15, -0.1) is 0 Å². The minimum absolute atomic E-state index is 0.0342. The summed E-state index contributed by atoms with van der Waals surface area (Å²) in [5.41, 5.74) is 4.97. The standard InChI is InChI=1S/C56H54Cl2N6O11S2/c1-32-53(76-54(60-32)62-50(65)39-19-21-63(22-20-39)55(69)75-56(2,3)4)77(70,71)64-29-41-27-48-47(73-31-49(74-48)38-14-16-42(17-15-38)72-30-35-9-18-43(57)44(58)23-35)26-40(41)25-46(64)51(66)61-45(52(67)68)24-33-5-10-36(11-6-33)37-12-7-34(28-59)8-13-37/h5-18,23,26-27,39,45-46,49H,19-22,24-25,29-31H2,1-4H3,(H,61,66)(H,67,68)(H,60,62,65). The van der Waals surface area contributed by atoms with Crippen molar-refractivity contribution in [2.75, 3.05) is 25.0 Å². The molecule has 0 aliphatic carbocycles. The number of carboxylic acids is 1. The van der Waals surface area contributed by atoms with Gasteiger partial charge in [0.25, 0.3) is 10.0 Å². The van der Waals surface area contributed by atoms with Crippen molar-refractivity contribution in [2.45, 2.75) is 94.5 Å². The Kier molecular flexibility index (Phi) is 16.1. The molecule has 3 atom stereocenters. The number of hydrogen-bond donors (Lipinski definition) is 3. The molecule has 1 aromatic heterocycles. The number of nitrogens with zero attached hydrogens (tertiary/aromatic N) is 4. The molecule has 5 aromatic carbocycles. The van der Waals surface area contributed by atoms with Crippen LogP contribution in [0.15, 0.2) is 107 Å². The van der Waals surface area contributed by atoms with Crippen LogP contribution in [0.4, 0.5) is 9.93 Å². The molecular weight excluding hydrogens is 1070 g/mol. The Balaban J connectivity index is 0.942. The fourth-order valence-electron chi connectivity index (χ4n) is 9.26. The number of aliphatic carboxylic acids is 1. The third-order valence-electron chi connectivity index (χ3n) is 13.4. The molecule has 3 unspecified atom stereocenters. The van der Waals surface area contributed by atoms with Crippen molar-refractivity contribution in [1.82, 2.24) is 19.5 Å². The summed E-state index contributed by atoms with van der Waals surface area (Å²) in [5.74, 6) is -1.68. The van der Waals surface area contributed by atoms with E-state index in [2.05, 4.69) is 21.7 Å². The highest BCUT2D eigenvalue weighted by Crippen LogP contribution is 2.43. The first-order chi connectivity index (χ1) is 36.7. The van der Waals surface area contributed by atoms with Gasteiger partial charge < -0.3 is 39.6 Å².